The summed E-state index contributed by atoms with van der Waals surface area (Å²) in [7, 11) is -7.64. The average molecular weight is 335 g/mol. The second-order valence-electron chi connectivity index (χ2n) is 5.63. The number of halogens is 1. The highest BCUT2D eigenvalue weighted by Crippen LogP contribution is 2.31. The molecule has 1 heterocycles. The minimum atomic E-state index is -4.04. The van der Waals surface area contributed by atoms with E-state index < -0.39 is 30.6 Å². The first kappa shape index (κ1) is 16.4. The molecule has 0 saturated carbocycles. The third-order valence-corrected chi connectivity index (χ3v) is 6.75. The number of benzene rings is 1. The number of nitrogens with zero attached hydrogens (tertiary/aromatic N) is 1. The molecule has 1 aliphatic heterocycles. The fourth-order valence-corrected chi connectivity index (χ4v) is 5.21. The first-order valence-electron chi connectivity index (χ1n) is 6.55. The van der Waals surface area contributed by atoms with Crippen LogP contribution < -0.4 is 0 Å². The zero-order chi connectivity index (χ0) is 16.0. The predicted octanol–water partition coefficient (Wildman–Crippen LogP) is 1.65. The van der Waals surface area contributed by atoms with E-state index in [9.17, 15) is 21.2 Å². The Morgan fingerprint density at radius 3 is 2.29 bits per heavy atom. The Bertz CT molecular complexity index is 758. The lowest BCUT2D eigenvalue weighted by Gasteiger charge is -2.21. The van der Waals surface area contributed by atoms with Crippen molar-refractivity contribution in [3.63, 3.8) is 0 Å². The third-order valence-electron chi connectivity index (χ3n) is 3.64. The van der Waals surface area contributed by atoms with Crippen LogP contribution in [0.2, 0.25) is 0 Å². The summed E-state index contributed by atoms with van der Waals surface area (Å²) in [6, 6.07) is 2.62. The van der Waals surface area contributed by atoms with Crippen molar-refractivity contribution in [2.24, 2.45) is 5.92 Å². The molecule has 118 valence electrons. The molecular formula is C13H18FNO4S2. The molecule has 0 bridgehead atoms. The van der Waals surface area contributed by atoms with Crippen LogP contribution in [0.3, 0.4) is 0 Å². The van der Waals surface area contributed by atoms with Gasteiger partial charge in [-0.3, -0.25) is 0 Å². The van der Waals surface area contributed by atoms with Crippen molar-refractivity contribution in [1.82, 2.24) is 4.31 Å². The number of hydrogen-bond acceptors (Lipinski definition) is 4. The van der Waals surface area contributed by atoms with Gasteiger partial charge in [0.1, 0.15) is 10.7 Å². The molecule has 21 heavy (non-hydrogen) atoms. The first-order chi connectivity index (χ1) is 9.53. The van der Waals surface area contributed by atoms with Gasteiger partial charge in [-0.15, -0.1) is 0 Å². The van der Waals surface area contributed by atoms with Crippen molar-refractivity contribution in [1.29, 1.82) is 0 Å². The van der Waals surface area contributed by atoms with Gasteiger partial charge in [-0.2, -0.15) is 4.31 Å². The standard InChI is InChI=1S/C13H18FNO4S2/c1-9-6-10(2)15(8-9)21(18,19)13-7-11(20(3,16)17)4-5-12(13)14/h4-5,7,9-10H,6,8H2,1-3H3. The van der Waals surface area contributed by atoms with E-state index in [-0.39, 0.29) is 16.9 Å². The van der Waals surface area contributed by atoms with Crippen LogP contribution in [0.15, 0.2) is 28.0 Å². The van der Waals surface area contributed by atoms with Gasteiger partial charge < -0.3 is 0 Å². The van der Waals surface area contributed by atoms with Crippen LogP contribution >= 0.6 is 0 Å². The summed E-state index contributed by atoms with van der Waals surface area (Å²) in [5.41, 5.74) is 0. The molecule has 1 aliphatic rings. The lowest BCUT2D eigenvalue weighted by atomic mass is 10.1. The maximum atomic E-state index is 13.9. The third kappa shape index (κ3) is 3.12. The van der Waals surface area contributed by atoms with E-state index in [2.05, 4.69) is 0 Å². The number of sulfonamides is 1. The van der Waals surface area contributed by atoms with Gasteiger partial charge >= 0.3 is 0 Å². The molecular weight excluding hydrogens is 317 g/mol. The van der Waals surface area contributed by atoms with Gasteiger partial charge in [0.2, 0.25) is 10.0 Å². The highest BCUT2D eigenvalue weighted by atomic mass is 32.2. The van der Waals surface area contributed by atoms with Crippen molar-refractivity contribution in [2.45, 2.75) is 36.1 Å². The Balaban J connectivity index is 2.55. The molecule has 2 rings (SSSR count). The first-order valence-corrected chi connectivity index (χ1v) is 9.88. The van der Waals surface area contributed by atoms with E-state index in [0.717, 1.165) is 24.5 Å². The Labute approximate surface area is 124 Å². The summed E-state index contributed by atoms with van der Waals surface area (Å²) >= 11 is 0. The molecule has 1 aromatic carbocycles. The van der Waals surface area contributed by atoms with Gasteiger partial charge in [0.15, 0.2) is 9.84 Å². The largest absolute Gasteiger partial charge is 0.246 e. The number of hydrogen-bond donors (Lipinski definition) is 0. The van der Waals surface area contributed by atoms with Crippen LogP contribution in [-0.2, 0) is 19.9 Å². The maximum absolute atomic E-state index is 13.9. The number of rotatable bonds is 3. The van der Waals surface area contributed by atoms with Crippen LogP contribution in [-0.4, -0.2) is 40.0 Å². The molecule has 2 unspecified atom stereocenters. The summed E-state index contributed by atoms with van der Waals surface area (Å²) in [6.07, 6.45) is 1.66. The zero-order valence-corrected chi connectivity index (χ0v) is 13.7. The minimum absolute atomic E-state index is 0.191. The van der Waals surface area contributed by atoms with Crippen molar-refractivity contribution in [3.8, 4) is 0 Å². The fraction of sp³-hybridized carbons (Fsp3) is 0.538. The van der Waals surface area contributed by atoms with Gasteiger partial charge in [0, 0.05) is 18.8 Å². The zero-order valence-electron chi connectivity index (χ0n) is 12.1. The molecule has 1 fully saturated rings. The summed E-state index contributed by atoms with van der Waals surface area (Å²) in [6.45, 7) is 4.00. The van der Waals surface area contributed by atoms with Gasteiger partial charge in [-0.25, -0.2) is 21.2 Å². The second kappa shape index (κ2) is 5.33. The molecule has 0 aromatic heterocycles. The SMILES string of the molecule is CC1CC(C)N(S(=O)(=O)c2cc(S(C)(=O)=O)ccc2F)C1. The van der Waals surface area contributed by atoms with Gasteiger partial charge in [0.25, 0.3) is 0 Å². The van der Waals surface area contributed by atoms with Crippen molar-refractivity contribution in [3.05, 3.63) is 24.0 Å². The summed E-state index contributed by atoms with van der Waals surface area (Å²) in [5, 5.41) is 0. The quantitative estimate of drug-likeness (QED) is 0.788. The van der Waals surface area contributed by atoms with Crippen LogP contribution in [0.5, 0.6) is 0 Å². The molecule has 8 heteroatoms. The van der Waals surface area contributed by atoms with Gasteiger partial charge in [-0.1, -0.05) is 6.92 Å². The maximum Gasteiger partial charge on any atom is 0.246 e. The predicted molar refractivity (Wildman–Crippen MR) is 76.6 cm³/mol. The average Bonchev–Trinajstić information content (AvgIpc) is 2.68. The Kier molecular flexibility index (Phi) is 4.16. The Morgan fingerprint density at radius 2 is 1.81 bits per heavy atom. The highest BCUT2D eigenvalue weighted by Gasteiger charge is 2.37. The van der Waals surface area contributed by atoms with Crippen molar-refractivity contribution >= 4 is 19.9 Å². The van der Waals surface area contributed by atoms with E-state index in [1.807, 2.05) is 6.92 Å². The van der Waals surface area contributed by atoms with E-state index in [4.69, 9.17) is 0 Å². The van der Waals surface area contributed by atoms with E-state index in [0.29, 0.717) is 13.0 Å². The summed E-state index contributed by atoms with van der Waals surface area (Å²) in [4.78, 5) is -0.784. The van der Waals surface area contributed by atoms with Crippen LogP contribution in [0.1, 0.15) is 20.3 Å². The fourth-order valence-electron chi connectivity index (χ4n) is 2.63. The van der Waals surface area contributed by atoms with E-state index in [1.165, 1.54) is 4.31 Å². The molecule has 5 nitrogen and oxygen atoms in total. The highest BCUT2D eigenvalue weighted by molar-refractivity contribution is 7.91. The smallest absolute Gasteiger partial charge is 0.224 e. The van der Waals surface area contributed by atoms with Gasteiger partial charge in [-0.05, 0) is 37.5 Å². The van der Waals surface area contributed by atoms with E-state index >= 15 is 0 Å². The monoisotopic (exact) mass is 335 g/mol. The molecule has 0 radical (unpaired) electrons. The topological polar surface area (TPSA) is 71.5 Å². The van der Waals surface area contributed by atoms with Crippen LogP contribution in [0.4, 0.5) is 4.39 Å². The van der Waals surface area contributed by atoms with Gasteiger partial charge in [0.05, 0.1) is 4.90 Å². The molecule has 0 amide bonds. The molecule has 0 aliphatic carbocycles. The molecule has 2 atom stereocenters. The van der Waals surface area contributed by atoms with Crippen molar-refractivity contribution in [2.75, 3.05) is 12.8 Å². The van der Waals surface area contributed by atoms with E-state index in [1.54, 1.807) is 6.92 Å². The second-order valence-corrected chi connectivity index (χ2v) is 9.50. The Morgan fingerprint density at radius 1 is 1.19 bits per heavy atom. The molecule has 0 spiro atoms. The molecule has 1 saturated heterocycles. The summed E-state index contributed by atoms with van der Waals surface area (Å²) in [5.74, 6) is -0.745. The normalized spacial score (nSPS) is 24.4. The molecule has 0 N–H and O–H groups in total. The Hall–Kier alpha value is -0.990. The molecule has 1 aromatic rings. The van der Waals surface area contributed by atoms with Crippen LogP contribution in [0, 0.1) is 11.7 Å². The number of sulfone groups is 1. The lowest BCUT2D eigenvalue weighted by molar-refractivity contribution is 0.402. The minimum Gasteiger partial charge on any atom is -0.224 e. The van der Waals surface area contributed by atoms with Crippen LogP contribution in [0.25, 0.3) is 0 Å². The van der Waals surface area contributed by atoms with Crippen molar-refractivity contribution < 1.29 is 21.2 Å². The lowest BCUT2D eigenvalue weighted by Crippen LogP contribution is -2.34. The summed E-state index contributed by atoms with van der Waals surface area (Å²) < 4.78 is 63.4.